The van der Waals surface area contributed by atoms with Crippen LogP contribution in [0.1, 0.15) is 23.1 Å². The predicted octanol–water partition coefficient (Wildman–Crippen LogP) is 3.23. The van der Waals surface area contributed by atoms with Crippen LogP contribution in [0.25, 0.3) is 0 Å². The lowest BCUT2D eigenvalue weighted by atomic mass is 10.1. The van der Waals surface area contributed by atoms with Crippen molar-refractivity contribution in [1.29, 1.82) is 5.26 Å². The number of anilines is 1. The average Bonchev–Trinajstić information content (AvgIpc) is 3.08. The van der Waals surface area contributed by atoms with Gasteiger partial charge in [0, 0.05) is 58.0 Å². The molecular formula is C25H30F3N5O2S. The van der Waals surface area contributed by atoms with Gasteiger partial charge in [0.1, 0.15) is 0 Å². The molecule has 36 heavy (non-hydrogen) atoms. The first-order chi connectivity index (χ1) is 17.1. The molecular weight excluding hydrogens is 491 g/mol. The normalized spacial score (nSPS) is 19.1. The number of hydrogen-bond acceptors (Lipinski definition) is 6. The molecule has 2 aromatic carbocycles. The number of nitriles is 1. The lowest BCUT2D eigenvalue weighted by Gasteiger charge is -2.34. The maximum atomic E-state index is 13.0. The summed E-state index contributed by atoms with van der Waals surface area (Å²) in [5.41, 5.74) is 1.72. The van der Waals surface area contributed by atoms with Crippen LogP contribution in [-0.2, 0) is 22.7 Å². The number of rotatable bonds is 5. The Hall–Kier alpha value is -2.65. The quantitative estimate of drug-likeness (QED) is 0.602. The molecule has 2 aliphatic heterocycles. The van der Waals surface area contributed by atoms with E-state index in [2.05, 4.69) is 33.9 Å². The molecule has 2 saturated heterocycles. The molecule has 0 N–H and O–H groups in total. The smallest absolute Gasteiger partial charge is 0.370 e. The van der Waals surface area contributed by atoms with Gasteiger partial charge in [-0.15, -0.1) is 0 Å². The number of alkyl halides is 3. The Morgan fingerprint density at radius 2 is 1.61 bits per heavy atom. The third kappa shape index (κ3) is 6.00. The number of sulfonamides is 1. The van der Waals surface area contributed by atoms with Crippen LogP contribution < -0.4 is 4.90 Å². The Morgan fingerprint density at radius 1 is 0.917 bits per heavy atom. The second-order valence-electron chi connectivity index (χ2n) is 9.30. The van der Waals surface area contributed by atoms with Gasteiger partial charge in [0.15, 0.2) is 0 Å². The van der Waals surface area contributed by atoms with Crippen molar-refractivity contribution in [2.24, 2.45) is 0 Å². The Kier molecular flexibility index (Phi) is 7.90. The topological polar surface area (TPSA) is 70.9 Å². The fraction of sp³-hybridized carbons (Fsp3) is 0.480. The summed E-state index contributed by atoms with van der Waals surface area (Å²) in [6, 6.07) is 11.8. The summed E-state index contributed by atoms with van der Waals surface area (Å²) in [6.45, 7) is 5.81. The van der Waals surface area contributed by atoms with Gasteiger partial charge in [-0.05, 0) is 68.0 Å². The number of hydrogen-bond donors (Lipinski definition) is 0. The summed E-state index contributed by atoms with van der Waals surface area (Å²) in [7, 11) is -1.77. The molecule has 4 rings (SSSR count). The summed E-state index contributed by atoms with van der Waals surface area (Å²) in [4.78, 5) is 6.60. The SMILES string of the molecule is CN1CCCN(c2ccc(C#N)c(CN3CCN(S(=O)(=O)c4ccc(C(F)(F)F)cc4)CC3)c2)CC1. The second kappa shape index (κ2) is 10.8. The first-order valence-corrected chi connectivity index (χ1v) is 13.4. The van der Waals surface area contributed by atoms with E-state index in [4.69, 9.17) is 0 Å². The third-order valence-corrected chi connectivity index (χ3v) is 8.75. The minimum atomic E-state index is -4.52. The van der Waals surface area contributed by atoms with Crippen molar-refractivity contribution in [3.63, 3.8) is 0 Å². The van der Waals surface area contributed by atoms with Crippen molar-refractivity contribution in [2.75, 3.05) is 64.3 Å². The number of halogens is 3. The maximum Gasteiger partial charge on any atom is 0.416 e. The number of piperazine rings is 1. The Bertz CT molecular complexity index is 1200. The van der Waals surface area contributed by atoms with Crippen LogP contribution in [0.4, 0.5) is 18.9 Å². The van der Waals surface area contributed by atoms with E-state index in [9.17, 15) is 26.9 Å². The standard InChI is InChI=1S/C25H30F3N5O2S/c1-30-9-2-10-32(14-11-30)23-6-3-20(18-29)21(17-23)19-31-12-15-33(16-13-31)36(34,35)24-7-4-22(5-8-24)25(26,27)28/h3-8,17H,2,9-16,19H2,1H3. The van der Waals surface area contributed by atoms with Gasteiger partial charge < -0.3 is 9.80 Å². The lowest BCUT2D eigenvalue weighted by molar-refractivity contribution is -0.137. The summed E-state index contributed by atoms with van der Waals surface area (Å²) >= 11 is 0. The first-order valence-electron chi connectivity index (χ1n) is 11.9. The van der Waals surface area contributed by atoms with E-state index in [1.807, 2.05) is 12.1 Å². The lowest BCUT2D eigenvalue weighted by Crippen LogP contribution is -2.48. The van der Waals surface area contributed by atoms with Crippen molar-refractivity contribution in [1.82, 2.24) is 14.1 Å². The van der Waals surface area contributed by atoms with Crippen LogP contribution >= 0.6 is 0 Å². The molecule has 0 radical (unpaired) electrons. The molecule has 194 valence electrons. The number of nitrogens with zero attached hydrogens (tertiary/aromatic N) is 5. The molecule has 2 heterocycles. The second-order valence-corrected chi connectivity index (χ2v) is 11.2. The van der Waals surface area contributed by atoms with Gasteiger partial charge in [-0.3, -0.25) is 4.90 Å². The molecule has 0 saturated carbocycles. The van der Waals surface area contributed by atoms with E-state index in [1.54, 1.807) is 0 Å². The van der Waals surface area contributed by atoms with Crippen LogP contribution in [-0.4, -0.2) is 81.9 Å². The highest BCUT2D eigenvalue weighted by atomic mass is 32.2. The Labute approximate surface area is 210 Å². The van der Waals surface area contributed by atoms with Gasteiger partial charge in [-0.2, -0.15) is 22.7 Å². The zero-order chi connectivity index (χ0) is 25.9. The van der Waals surface area contributed by atoms with Crippen molar-refractivity contribution < 1.29 is 21.6 Å². The molecule has 0 atom stereocenters. The van der Waals surface area contributed by atoms with Crippen molar-refractivity contribution in [2.45, 2.75) is 24.0 Å². The fourth-order valence-corrected chi connectivity index (χ4v) is 6.08. The number of likely N-dealkylation sites (N-methyl/N-ethyl adjacent to an activating group) is 1. The van der Waals surface area contributed by atoms with E-state index in [0.717, 1.165) is 68.1 Å². The molecule has 2 fully saturated rings. The zero-order valence-corrected chi connectivity index (χ0v) is 21.0. The van der Waals surface area contributed by atoms with Gasteiger partial charge >= 0.3 is 6.18 Å². The monoisotopic (exact) mass is 521 g/mol. The summed E-state index contributed by atoms with van der Waals surface area (Å²) < 4.78 is 65.7. The van der Waals surface area contributed by atoms with Crippen molar-refractivity contribution in [3.05, 3.63) is 59.2 Å². The molecule has 0 spiro atoms. The Balaban J connectivity index is 1.41. The van der Waals surface area contributed by atoms with Crippen LogP contribution in [0.3, 0.4) is 0 Å². The van der Waals surface area contributed by atoms with E-state index in [-0.39, 0.29) is 18.0 Å². The average molecular weight is 522 g/mol. The summed E-state index contributed by atoms with van der Waals surface area (Å²) in [5, 5.41) is 9.63. The molecule has 0 bridgehead atoms. The van der Waals surface area contributed by atoms with Crippen LogP contribution in [0, 0.1) is 11.3 Å². The first kappa shape index (κ1) is 26.4. The van der Waals surface area contributed by atoms with E-state index in [0.29, 0.717) is 25.2 Å². The van der Waals surface area contributed by atoms with Gasteiger partial charge in [-0.25, -0.2) is 8.42 Å². The highest BCUT2D eigenvalue weighted by Gasteiger charge is 2.32. The minimum absolute atomic E-state index is 0.147. The molecule has 2 aliphatic rings. The molecule has 0 amide bonds. The zero-order valence-electron chi connectivity index (χ0n) is 20.2. The van der Waals surface area contributed by atoms with Crippen LogP contribution in [0.2, 0.25) is 0 Å². The maximum absolute atomic E-state index is 13.0. The largest absolute Gasteiger partial charge is 0.416 e. The van der Waals surface area contributed by atoms with Gasteiger partial charge in [-0.1, -0.05) is 0 Å². The molecule has 11 heteroatoms. The van der Waals surface area contributed by atoms with Gasteiger partial charge in [0.2, 0.25) is 10.0 Å². The molecule has 2 aromatic rings. The van der Waals surface area contributed by atoms with E-state index < -0.39 is 21.8 Å². The highest BCUT2D eigenvalue weighted by Crippen LogP contribution is 2.30. The Morgan fingerprint density at radius 3 is 2.25 bits per heavy atom. The van der Waals surface area contributed by atoms with Gasteiger partial charge in [0.05, 0.1) is 22.1 Å². The fourth-order valence-electron chi connectivity index (χ4n) is 4.66. The van der Waals surface area contributed by atoms with Gasteiger partial charge in [0.25, 0.3) is 0 Å². The van der Waals surface area contributed by atoms with Crippen LogP contribution in [0.15, 0.2) is 47.4 Å². The predicted molar refractivity (Wildman–Crippen MR) is 131 cm³/mol. The van der Waals surface area contributed by atoms with Crippen LogP contribution in [0.5, 0.6) is 0 Å². The van der Waals surface area contributed by atoms with Crippen molar-refractivity contribution >= 4 is 15.7 Å². The summed E-state index contributed by atoms with van der Waals surface area (Å²) in [5.74, 6) is 0. The number of benzene rings is 2. The van der Waals surface area contributed by atoms with E-state index >= 15 is 0 Å². The third-order valence-electron chi connectivity index (χ3n) is 6.84. The molecule has 0 aliphatic carbocycles. The van der Waals surface area contributed by atoms with Crippen molar-refractivity contribution in [3.8, 4) is 6.07 Å². The molecule has 0 aromatic heterocycles. The highest BCUT2D eigenvalue weighted by molar-refractivity contribution is 7.89. The summed E-state index contributed by atoms with van der Waals surface area (Å²) in [6.07, 6.45) is -3.45. The molecule has 7 nitrogen and oxygen atoms in total. The molecule has 0 unspecified atom stereocenters. The minimum Gasteiger partial charge on any atom is -0.370 e. The van der Waals surface area contributed by atoms with E-state index in [1.165, 1.54) is 4.31 Å².